The maximum absolute atomic E-state index is 13.8. The van der Waals surface area contributed by atoms with Crippen LogP contribution in [0.1, 0.15) is 141 Å². The third-order valence-corrected chi connectivity index (χ3v) is 9.20. The van der Waals surface area contributed by atoms with Gasteiger partial charge in [0.1, 0.15) is 18.3 Å². The standard InChI is InChI=1S/C35H63N3O6/c1-22(14-27(39)42-23-16-30(2,3)36-31(4,5)17-23)26(29(41)44-25-20-34(10,11)38-35(12,13)21-25)15-28(40)43-24-18-32(6,7)37-33(8,9)19-24/h22-26,36-38H,14-21H2,1-13H3. The zero-order valence-corrected chi connectivity index (χ0v) is 30.0. The first-order chi connectivity index (χ1) is 19.8. The van der Waals surface area contributed by atoms with Crippen LogP contribution in [0.2, 0.25) is 0 Å². The summed E-state index contributed by atoms with van der Waals surface area (Å²) in [4.78, 5) is 40.5. The molecule has 0 bridgehead atoms. The molecule has 2 atom stereocenters. The first-order valence-corrected chi connectivity index (χ1v) is 16.7. The van der Waals surface area contributed by atoms with Crippen molar-refractivity contribution in [1.82, 2.24) is 16.0 Å². The summed E-state index contributed by atoms with van der Waals surface area (Å²) in [5, 5.41) is 10.8. The summed E-state index contributed by atoms with van der Waals surface area (Å²) < 4.78 is 18.1. The summed E-state index contributed by atoms with van der Waals surface area (Å²) in [5.41, 5.74) is -1.11. The highest BCUT2D eigenvalue weighted by molar-refractivity contribution is 5.81. The monoisotopic (exact) mass is 621 g/mol. The number of rotatable bonds is 9. The van der Waals surface area contributed by atoms with Gasteiger partial charge in [-0.3, -0.25) is 14.4 Å². The molecular weight excluding hydrogens is 558 g/mol. The van der Waals surface area contributed by atoms with Crippen LogP contribution in [0, 0.1) is 11.8 Å². The number of esters is 3. The first kappa shape index (κ1) is 36.8. The Kier molecular flexibility index (Phi) is 10.7. The van der Waals surface area contributed by atoms with Crippen molar-refractivity contribution < 1.29 is 28.6 Å². The Hall–Kier alpha value is -1.71. The van der Waals surface area contributed by atoms with Gasteiger partial charge in [0.05, 0.1) is 12.3 Å². The lowest BCUT2D eigenvalue weighted by molar-refractivity contribution is -0.168. The third kappa shape index (κ3) is 11.3. The fourth-order valence-electron chi connectivity index (χ4n) is 8.76. The van der Waals surface area contributed by atoms with Crippen molar-refractivity contribution in [2.24, 2.45) is 11.8 Å². The minimum Gasteiger partial charge on any atom is -0.462 e. The van der Waals surface area contributed by atoms with Crippen LogP contribution in [-0.4, -0.2) is 69.5 Å². The molecule has 3 aliphatic rings. The number of ether oxygens (including phenoxy) is 3. The molecule has 0 aliphatic carbocycles. The van der Waals surface area contributed by atoms with Gasteiger partial charge in [-0.2, -0.15) is 0 Å². The Balaban J connectivity index is 1.73. The van der Waals surface area contributed by atoms with Crippen LogP contribution >= 0.6 is 0 Å². The number of piperidine rings is 3. The quantitative estimate of drug-likeness (QED) is 0.224. The molecule has 0 spiro atoms. The second kappa shape index (κ2) is 12.8. The topological polar surface area (TPSA) is 115 Å². The maximum Gasteiger partial charge on any atom is 0.310 e. The molecule has 3 heterocycles. The van der Waals surface area contributed by atoms with Crippen LogP contribution in [0.4, 0.5) is 0 Å². The molecule has 0 aromatic carbocycles. The predicted octanol–water partition coefficient (Wildman–Crippen LogP) is 5.58. The number of hydrogen-bond donors (Lipinski definition) is 3. The van der Waals surface area contributed by atoms with Gasteiger partial charge >= 0.3 is 17.9 Å². The lowest BCUT2D eigenvalue weighted by atomic mass is 9.80. The van der Waals surface area contributed by atoms with Gasteiger partial charge < -0.3 is 30.2 Å². The lowest BCUT2D eigenvalue weighted by Crippen LogP contribution is -2.60. The fraction of sp³-hybridized carbons (Fsp3) is 0.914. The highest BCUT2D eigenvalue weighted by Gasteiger charge is 2.44. The molecule has 2 unspecified atom stereocenters. The Morgan fingerprint density at radius 2 is 0.795 bits per heavy atom. The molecular formula is C35H63N3O6. The Morgan fingerprint density at radius 1 is 0.523 bits per heavy atom. The Bertz CT molecular complexity index is 1010. The zero-order valence-electron chi connectivity index (χ0n) is 30.0. The molecule has 0 aromatic rings. The summed E-state index contributed by atoms with van der Waals surface area (Å²) in [6, 6.07) is 0. The molecule has 3 fully saturated rings. The smallest absolute Gasteiger partial charge is 0.310 e. The molecule has 9 nitrogen and oxygen atoms in total. The maximum atomic E-state index is 13.8. The van der Waals surface area contributed by atoms with E-state index in [1.807, 2.05) is 6.92 Å². The minimum atomic E-state index is -0.820. The van der Waals surface area contributed by atoms with Gasteiger partial charge in [0, 0.05) is 78.2 Å². The average Bonchev–Trinajstić information content (AvgIpc) is 2.70. The predicted molar refractivity (Wildman–Crippen MR) is 173 cm³/mol. The normalized spacial score (nSPS) is 27.5. The molecule has 44 heavy (non-hydrogen) atoms. The third-order valence-electron chi connectivity index (χ3n) is 9.20. The van der Waals surface area contributed by atoms with E-state index in [2.05, 4.69) is 99.0 Å². The molecule has 0 saturated carbocycles. The van der Waals surface area contributed by atoms with Crippen molar-refractivity contribution in [3.8, 4) is 0 Å². The average molecular weight is 622 g/mol. The van der Waals surface area contributed by atoms with Crippen LogP contribution in [0.3, 0.4) is 0 Å². The molecule has 254 valence electrons. The molecule has 0 radical (unpaired) electrons. The van der Waals surface area contributed by atoms with Crippen LogP contribution in [-0.2, 0) is 28.6 Å². The number of hydrogen-bond acceptors (Lipinski definition) is 9. The first-order valence-electron chi connectivity index (χ1n) is 16.7. The Morgan fingerprint density at radius 3 is 1.11 bits per heavy atom. The van der Waals surface area contributed by atoms with E-state index in [0.29, 0.717) is 38.5 Å². The summed E-state index contributed by atoms with van der Waals surface area (Å²) in [6.07, 6.45) is 3.21. The van der Waals surface area contributed by atoms with Crippen molar-refractivity contribution in [1.29, 1.82) is 0 Å². The van der Waals surface area contributed by atoms with Crippen LogP contribution in [0.5, 0.6) is 0 Å². The van der Waals surface area contributed by atoms with Crippen molar-refractivity contribution in [2.75, 3.05) is 0 Å². The van der Waals surface area contributed by atoms with Gasteiger partial charge in [-0.25, -0.2) is 0 Å². The van der Waals surface area contributed by atoms with E-state index in [1.54, 1.807) is 0 Å². The largest absolute Gasteiger partial charge is 0.462 e. The van der Waals surface area contributed by atoms with Gasteiger partial charge in [0.25, 0.3) is 0 Å². The van der Waals surface area contributed by atoms with Gasteiger partial charge in [-0.15, -0.1) is 0 Å². The van der Waals surface area contributed by atoms with Gasteiger partial charge in [0.15, 0.2) is 0 Å². The van der Waals surface area contributed by atoms with E-state index in [9.17, 15) is 14.4 Å². The van der Waals surface area contributed by atoms with Gasteiger partial charge in [-0.1, -0.05) is 6.92 Å². The van der Waals surface area contributed by atoms with E-state index in [1.165, 1.54) is 0 Å². The van der Waals surface area contributed by atoms with Gasteiger partial charge in [0.2, 0.25) is 0 Å². The number of carbonyl (C=O) groups is 3. The molecule has 9 heteroatoms. The molecule has 0 amide bonds. The molecule has 0 aromatic heterocycles. The highest BCUT2D eigenvalue weighted by Crippen LogP contribution is 2.35. The summed E-state index contributed by atoms with van der Waals surface area (Å²) in [6.45, 7) is 27.1. The van der Waals surface area contributed by atoms with E-state index in [-0.39, 0.29) is 70.4 Å². The molecule has 3 N–H and O–H groups in total. The number of carbonyl (C=O) groups excluding carboxylic acids is 3. The van der Waals surface area contributed by atoms with Crippen molar-refractivity contribution in [3.63, 3.8) is 0 Å². The number of nitrogens with one attached hydrogen (secondary N) is 3. The van der Waals surface area contributed by atoms with Crippen molar-refractivity contribution in [3.05, 3.63) is 0 Å². The van der Waals surface area contributed by atoms with Gasteiger partial charge in [-0.05, 0) is 89.0 Å². The molecule has 3 saturated heterocycles. The second-order valence-electron chi connectivity index (χ2n) is 18.2. The molecule has 3 rings (SSSR count). The summed E-state index contributed by atoms with van der Waals surface area (Å²) in [5.74, 6) is -2.52. The lowest BCUT2D eigenvalue weighted by Gasteiger charge is -2.46. The minimum absolute atomic E-state index is 0.0223. The highest BCUT2D eigenvalue weighted by atomic mass is 16.6. The Labute approximate surface area is 267 Å². The van der Waals surface area contributed by atoms with Crippen LogP contribution in [0.25, 0.3) is 0 Å². The summed E-state index contributed by atoms with van der Waals surface area (Å²) in [7, 11) is 0. The second-order valence-corrected chi connectivity index (χ2v) is 18.2. The van der Waals surface area contributed by atoms with Crippen molar-refractivity contribution in [2.45, 2.75) is 193 Å². The van der Waals surface area contributed by atoms with E-state index in [4.69, 9.17) is 14.2 Å². The molecule has 3 aliphatic heterocycles. The van der Waals surface area contributed by atoms with E-state index in [0.717, 1.165) is 0 Å². The van der Waals surface area contributed by atoms with Crippen LogP contribution < -0.4 is 16.0 Å². The van der Waals surface area contributed by atoms with Crippen molar-refractivity contribution >= 4 is 17.9 Å². The van der Waals surface area contributed by atoms with E-state index >= 15 is 0 Å². The fourth-order valence-corrected chi connectivity index (χ4v) is 8.76. The zero-order chi connectivity index (χ0) is 33.5. The summed E-state index contributed by atoms with van der Waals surface area (Å²) >= 11 is 0. The van der Waals surface area contributed by atoms with E-state index < -0.39 is 23.8 Å². The van der Waals surface area contributed by atoms with Crippen LogP contribution in [0.15, 0.2) is 0 Å². The SMILES string of the molecule is CC(CC(=O)OC1CC(C)(C)NC(C)(C)C1)C(CC(=O)OC1CC(C)(C)NC(C)(C)C1)C(=O)OC1CC(C)(C)NC(C)(C)C1.